The van der Waals surface area contributed by atoms with E-state index in [1.165, 1.54) is 0 Å². The van der Waals surface area contributed by atoms with Gasteiger partial charge in [0.05, 0.1) is 5.69 Å². The van der Waals surface area contributed by atoms with Crippen LogP contribution in [0.4, 0.5) is 5.95 Å². The number of hydrogen-bond acceptors (Lipinski definition) is 5. The number of aromatic nitrogens is 4. The SMILES string of the molecule is CC(C)C(CN)Nc1nnnn1-c1ccccc1. The van der Waals surface area contributed by atoms with Crippen LogP contribution < -0.4 is 11.1 Å². The Labute approximate surface area is 106 Å². The van der Waals surface area contributed by atoms with Gasteiger partial charge in [0.2, 0.25) is 5.95 Å². The molecule has 0 fully saturated rings. The molecule has 0 amide bonds. The molecule has 0 saturated heterocycles. The Morgan fingerprint density at radius 1 is 1.28 bits per heavy atom. The van der Waals surface area contributed by atoms with Crippen molar-refractivity contribution in [2.24, 2.45) is 11.7 Å². The van der Waals surface area contributed by atoms with Crippen molar-refractivity contribution in [3.63, 3.8) is 0 Å². The van der Waals surface area contributed by atoms with Crippen LogP contribution in [-0.4, -0.2) is 32.8 Å². The first-order chi connectivity index (χ1) is 8.72. The maximum atomic E-state index is 5.74. The average Bonchev–Trinajstić information content (AvgIpc) is 2.84. The largest absolute Gasteiger partial charge is 0.349 e. The summed E-state index contributed by atoms with van der Waals surface area (Å²) in [4.78, 5) is 0. The normalized spacial score (nSPS) is 12.7. The summed E-state index contributed by atoms with van der Waals surface area (Å²) in [7, 11) is 0. The quantitative estimate of drug-likeness (QED) is 0.824. The smallest absolute Gasteiger partial charge is 0.248 e. The van der Waals surface area contributed by atoms with E-state index >= 15 is 0 Å². The Morgan fingerprint density at radius 3 is 2.61 bits per heavy atom. The van der Waals surface area contributed by atoms with E-state index in [1.807, 2.05) is 30.3 Å². The highest BCUT2D eigenvalue weighted by molar-refractivity contribution is 5.38. The lowest BCUT2D eigenvalue weighted by molar-refractivity contribution is 0.526. The Kier molecular flexibility index (Phi) is 3.88. The molecule has 0 aliphatic rings. The first kappa shape index (κ1) is 12.5. The Bertz CT molecular complexity index is 478. The zero-order chi connectivity index (χ0) is 13.0. The molecule has 1 aromatic heterocycles. The van der Waals surface area contributed by atoms with Crippen LogP contribution in [0.25, 0.3) is 5.69 Å². The first-order valence-electron chi connectivity index (χ1n) is 6.02. The van der Waals surface area contributed by atoms with Crippen molar-refractivity contribution >= 4 is 5.95 Å². The molecule has 3 N–H and O–H groups in total. The van der Waals surface area contributed by atoms with E-state index < -0.39 is 0 Å². The summed E-state index contributed by atoms with van der Waals surface area (Å²) < 4.78 is 1.67. The molecular weight excluding hydrogens is 228 g/mol. The molecule has 6 heteroatoms. The van der Waals surface area contributed by atoms with E-state index in [0.717, 1.165) is 5.69 Å². The van der Waals surface area contributed by atoms with Crippen LogP contribution in [0.3, 0.4) is 0 Å². The Morgan fingerprint density at radius 2 is 2.00 bits per heavy atom. The first-order valence-corrected chi connectivity index (χ1v) is 6.02. The lowest BCUT2D eigenvalue weighted by atomic mass is 10.1. The van der Waals surface area contributed by atoms with Crippen LogP contribution >= 0.6 is 0 Å². The highest BCUT2D eigenvalue weighted by atomic mass is 15.6. The molecular formula is C12H18N6. The second kappa shape index (κ2) is 5.59. The van der Waals surface area contributed by atoms with E-state index in [4.69, 9.17) is 5.73 Å². The molecule has 18 heavy (non-hydrogen) atoms. The van der Waals surface area contributed by atoms with E-state index in [0.29, 0.717) is 18.4 Å². The fourth-order valence-electron chi connectivity index (χ4n) is 1.68. The highest BCUT2D eigenvalue weighted by Gasteiger charge is 2.15. The minimum absolute atomic E-state index is 0.151. The zero-order valence-electron chi connectivity index (χ0n) is 10.6. The summed E-state index contributed by atoms with van der Waals surface area (Å²) in [6, 6.07) is 9.91. The molecule has 6 nitrogen and oxygen atoms in total. The molecule has 0 radical (unpaired) electrons. The number of hydrogen-bond donors (Lipinski definition) is 2. The maximum Gasteiger partial charge on any atom is 0.248 e. The Hall–Kier alpha value is -1.95. The molecule has 0 aliphatic carbocycles. The van der Waals surface area contributed by atoms with Gasteiger partial charge in [-0.15, -0.1) is 0 Å². The standard InChI is InChI=1S/C12H18N6/c1-9(2)11(8-13)14-12-15-16-17-18(12)10-6-4-3-5-7-10/h3-7,9,11H,8,13H2,1-2H3,(H,14,15,17). The number of rotatable bonds is 5. The van der Waals surface area contributed by atoms with Gasteiger partial charge in [-0.25, -0.2) is 0 Å². The van der Waals surface area contributed by atoms with Gasteiger partial charge < -0.3 is 11.1 Å². The highest BCUT2D eigenvalue weighted by Crippen LogP contribution is 2.13. The van der Waals surface area contributed by atoms with E-state index in [-0.39, 0.29) is 6.04 Å². The summed E-state index contributed by atoms with van der Waals surface area (Å²) in [6.07, 6.45) is 0. The molecule has 0 saturated carbocycles. The van der Waals surface area contributed by atoms with Gasteiger partial charge in [0.25, 0.3) is 0 Å². The lowest BCUT2D eigenvalue weighted by Gasteiger charge is -2.20. The molecule has 96 valence electrons. The number of benzene rings is 1. The summed E-state index contributed by atoms with van der Waals surface area (Å²) in [5.74, 6) is 1.03. The molecule has 0 spiro atoms. The van der Waals surface area contributed by atoms with E-state index in [2.05, 4.69) is 34.7 Å². The van der Waals surface area contributed by atoms with Gasteiger partial charge in [-0.2, -0.15) is 4.68 Å². The van der Waals surface area contributed by atoms with Gasteiger partial charge in [0.15, 0.2) is 0 Å². The van der Waals surface area contributed by atoms with Crippen LogP contribution in [0.15, 0.2) is 30.3 Å². The molecule has 1 atom stereocenters. The topological polar surface area (TPSA) is 81.7 Å². The number of tetrazole rings is 1. The third-order valence-electron chi connectivity index (χ3n) is 2.84. The third kappa shape index (κ3) is 2.65. The van der Waals surface area contributed by atoms with Gasteiger partial charge in [-0.05, 0) is 28.5 Å². The number of nitrogens with two attached hydrogens (primary N) is 1. The fraction of sp³-hybridized carbons (Fsp3) is 0.417. The number of anilines is 1. The number of nitrogens with zero attached hydrogens (tertiary/aromatic N) is 4. The molecule has 0 aliphatic heterocycles. The van der Waals surface area contributed by atoms with Crippen molar-refractivity contribution in [1.29, 1.82) is 0 Å². The van der Waals surface area contributed by atoms with Crippen molar-refractivity contribution in [3.8, 4) is 5.69 Å². The molecule has 1 heterocycles. The molecule has 2 aromatic rings. The minimum Gasteiger partial charge on any atom is -0.349 e. The summed E-state index contributed by atoms with van der Waals surface area (Å²) in [6.45, 7) is 4.77. The third-order valence-corrected chi connectivity index (χ3v) is 2.84. The molecule has 1 aromatic carbocycles. The van der Waals surface area contributed by atoms with Crippen LogP contribution in [0, 0.1) is 5.92 Å². The zero-order valence-corrected chi connectivity index (χ0v) is 10.6. The van der Waals surface area contributed by atoms with Gasteiger partial charge >= 0.3 is 0 Å². The summed E-state index contributed by atoms with van der Waals surface area (Å²) in [5, 5.41) is 15.0. The van der Waals surface area contributed by atoms with Crippen LogP contribution in [0.5, 0.6) is 0 Å². The van der Waals surface area contributed by atoms with Gasteiger partial charge in [0.1, 0.15) is 0 Å². The predicted octanol–water partition coefficient (Wildman–Crippen LogP) is 1.06. The van der Waals surface area contributed by atoms with E-state index in [9.17, 15) is 0 Å². The monoisotopic (exact) mass is 246 g/mol. The predicted molar refractivity (Wildman–Crippen MR) is 70.5 cm³/mol. The maximum absolute atomic E-state index is 5.74. The Balaban J connectivity index is 2.23. The fourth-order valence-corrected chi connectivity index (χ4v) is 1.68. The van der Waals surface area contributed by atoms with Gasteiger partial charge in [-0.3, -0.25) is 0 Å². The lowest BCUT2D eigenvalue weighted by Crippen LogP contribution is -2.34. The molecule has 0 bridgehead atoms. The van der Waals surface area contributed by atoms with Crippen molar-refractivity contribution in [2.75, 3.05) is 11.9 Å². The van der Waals surface area contributed by atoms with Crippen molar-refractivity contribution in [1.82, 2.24) is 20.2 Å². The van der Waals surface area contributed by atoms with E-state index in [1.54, 1.807) is 4.68 Å². The minimum atomic E-state index is 0.151. The molecule has 2 rings (SSSR count). The van der Waals surface area contributed by atoms with Crippen LogP contribution in [0.1, 0.15) is 13.8 Å². The van der Waals surface area contributed by atoms with Crippen molar-refractivity contribution in [2.45, 2.75) is 19.9 Å². The summed E-state index contributed by atoms with van der Waals surface area (Å²) >= 11 is 0. The number of para-hydroxylation sites is 1. The second-order valence-electron chi connectivity index (χ2n) is 4.48. The van der Waals surface area contributed by atoms with Crippen LogP contribution in [0.2, 0.25) is 0 Å². The number of nitrogens with one attached hydrogen (secondary N) is 1. The van der Waals surface area contributed by atoms with Crippen LogP contribution in [-0.2, 0) is 0 Å². The van der Waals surface area contributed by atoms with Crippen molar-refractivity contribution < 1.29 is 0 Å². The molecule has 1 unspecified atom stereocenters. The van der Waals surface area contributed by atoms with Gasteiger partial charge in [0, 0.05) is 12.6 Å². The van der Waals surface area contributed by atoms with Crippen molar-refractivity contribution in [3.05, 3.63) is 30.3 Å². The van der Waals surface area contributed by atoms with Gasteiger partial charge in [-0.1, -0.05) is 37.1 Å². The average molecular weight is 246 g/mol. The summed E-state index contributed by atoms with van der Waals surface area (Å²) in [5.41, 5.74) is 6.66. The second-order valence-corrected chi connectivity index (χ2v) is 4.48.